The van der Waals surface area contributed by atoms with Gasteiger partial charge in [-0.05, 0) is 26.2 Å². The monoisotopic (exact) mass is 280 g/mol. The number of rotatable bonds is 5. The summed E-state index contributed by atoms with van der Waals surface area (Å²) in [5.41, 5.74) is 1.99. The van der Waals surface area contributed by atoms with Crippen LogP contribution in [-0.2, 0) is 16.0 Å². The number of aliphatic carboxylic acids is 1. The molecule has 0 aliphatic rings. The van der Waals surface area contributed by atoms with Crippen molar-refractivity contribution in [1.29, 1.82) is 0 Å². The second-order valence-electron chi connectivity index (χ2n) is 6.00. The van der Waals surface area contributed by atoms with E-state index in [1.54, 1.807) is 0 Å². The van der Waals surface area contributed by atoms with Crippen molar-refractivity contribution < 1.29 is 14.6 Å². The molecular formula is C15H24N2O3. The summed E-state index contributed by atoms with van der Waals surface area (Å²) in [7, 11) is 0. The maximum Gasteiger partial charge on any atom is 0.307 e. The number of carbonyl (C=O) groups is 1. The predicted molar refractivity (Wildman–Crippen MR) is 76.7 cm³/mol. The molecule has 5 heteroatoms. The van der Waals surface area contributed by atoms with Crippen molar-refractivity contribution >= 4 is 5.97 Å². The molecule has 0 fully saturated rings. The minimum Gasteiger partial charge on any atom is -0.481 e. The fraction of sp³-hybridized carbons (Fsp3) is 0.667. The van der Waals surface area contributed by atoms with Crippen LogP contribution < -0.4 is 0 Å². The smallest absolute Gasteiger partial charge is 0.307 e. The molecule has 1 heterocycles. The lowest BCUT2D eigenvalue weighted by Crippen LogP contribution is -2.25. The Morgan fingerprint density at radius 1 is 1.25 bits per heavy atom. The van der Waals surface area contributed by atoms with Gasteiger partial charge in [0.25, 0.3) is 0 Å². The molecule has 0 aliphatic carbocycles. The van der Waals surface area contributed by atoms with E-state index in [2.05, 4.69) is 30.7 Å². The number of aryl methyl sites for hydroxylation is 2. The highest BCUT2D eigenvalue weighted by molar-refractivity contribution is 5.70. The van der Waals surface area contributed by atoms with Gasteiger partial charge in [-0.25, -0.2) is 9.97 Å². The summed E-state index contributed by atoms with van der Waals surface area (Å²) >= 11 is 0. The summed E-state index contributed by atoms with van der Waals surface area (Å²) in [6.45, 7) is 12.4. The Kier molecular flexibility index (Phi) is 5.22. The first-order valence-electron chi connectivity index (χ1n) is 6.84. The van der Waals surface area contributed by atoms with Crippen molar-refractivity contribution in [3.8, 4) is 0 Å². The van der Waals surface area contributed by atoms with Crippen LogP contribution in [0.25, 0.3) is 0 Å². The summed E-state index contributed by atoms with van der Waals surface area (Å²) in [6, 6.07) is 0. The molecule has 20 heavy (non-hydrogen) atoms. The third-order valence-electron chi connectivity index (χ3n) is 3.12. The summed E-state index contributed by atoms with van der Waals surface area (Å²) < 4.78 is 5.78. The van der Waals surface area contributed by atoms with Crippen LogP contribution in [0.3, 0.4) is 0 Å². The molecule has 1 aromatic heterocycles. The Balaban J connectivity index is 3.23. The fourth-order valence-corrected chi connectivity index (χ4v) is 2.17. The van der Waals surface area contributed by atoms with E-state index in [0.29, 0.717) is 29.4 Å². The number of carboxylic acid groups (broad SMARTS) is 1. The Labute approximate surface area is 120 Å². The normalized spacial score (nSPS) is 13.3. The lowest BCUT2D eigenvalue weighted by Gasteiger charge is -2.29. The molecule has 0 bridgehead atoms. The van der Waals surface area contributed by atoms with Crippen molar-refractivity contribution in [3.63, 3.8) is 0 Å². The molecule has 1 aromatic rings. The van der Waals surface area contributed by atoms with Crippen LogP contribution in [0, 0.1) is 19.3 Å². The van der Waals surface area contributed by atoms with E-state index in [0.717, 1.165) is 0 Å². The first-order valence-corrected chi connectivity index (χ1v) is 6.84. The van der Waals surface area contributed by atoms with Gasteiger partial charge in [0.15, 0.2) is 5.82 Å². The van der Waals surface area contributed by atoms with Gasteiger partial charge >= 0.3 is 5.97 Å². The molecule has 0 amide bonds. The van der Waals surface area contributed by atoms with Gasteiger partial charge in [0, 0.05) is 23.6 Å². The van der Waals surface area contributed by atoms with Gasteiger partial charge in [0.05, 0.1) is 6.42 Å². The van der Waals surface area contributed by atoms with E-state index < -0.39 is 5.97 Å². The molecule has 0 radical (unpaired) electrons. The van der Waals surface area contributed by atoms with E-state index in [-0.39, 0.29) is 17.9 Å². The van der Waals surface area contributed by atoms with E-state index in [9.17, 15) is 4.79 Å². The SMILES string of the molecule is CCOC(c1nc(C)c(CC(=O)O)c(C)n1)C(C)(C)C. The van der Waals surface area contributed by atoms with Crippen LogP contribution in [-0.4, -0.2) is 27.7 Å². The average Bonchev–Trinajstić information content (AvgIpc) is 2.28. The molecule has 1 rings (SSSR count). The highest BCUT2D eigenvalue weighted by atomic mass is 16.5. The first kappa shape index (κ1) is 16.6. The molecule has 1 atom stereocenters. The first-order chi connectivity index (χ1) is 9.16. The zero-order chi connectivity index (χ0) is 15.5. The third-order valence-corrected chi connectivity index (χ3v) is 3.12. The maximum atomic E-state index is 10.9. The maximum absolute atomic E-state index is 10.9. The van der Waals surface area contributed by atoms with Crippen molar-refractivity contribution in [2.24, 2.45) is 5.41 Å². The quantitative estimate of drug-likeness (QED) is 0.898. The van der Waals surface area contributed by atoms with Gasteiger partial charge in [0.2, 0.25) is 0 Å². The second-order valence-corrected chi connectivity index (χ2v) is 6.00. The van der Waals surface area contributed by atoms with Crippen LogP contribution in [0.2, 0.25) is 0 Å². The van der Waals surface area contributed by atoms with E-state index >= 15 is 0 Å². The Bertz CT molecular complexity index is 469. The highest BCUT2D eigenvalue weighted by Crippen LogP contribution is 2.34. The highest BCUT2D eigenvalue weighted by Gasteiger charge is 2.30. The number of hydrogen-bond donors (Lipinski definition) is 1. The number of ether oxygens (including phenoxy) is 1. The van der Waals surface area contributed by atoms with Crippen LogP contribution in [0.15, 0.2) is 0 Å². The molecule has 0 aromatic carbocycles. The van der Waals surface area contributed by atoms with E-state index in [1.807, 2.05) is 20.8 Å². The molecule has 112 valence electrons. The largest absolute Gasteiger partial charge is 0.481 e. The number of aromatic nitrogens is 2. The minimum absolute atomic E-state index is 0.0488. The van der Waals surface area contributed by atoms with Crippen molar-refractivity contribution in [2.45, 2.75) is 54.1 Å². The standard InChI is InChI=1S/C15H24N2O3/c1-7-20-13(15(4,5)6)14-16-9(2)11(8-12(18)19)10(3)17-14/h13H,7-8H2,1-6H3,(H,18,19). The van der Waals surface area contributed by atoms with E-state index in [1.165, 1.54) is 0 Å². The molecule has 0 saturated carbocycles. The Morgan fingerprint density at radius 3 is 2.10 bits per heavy atom. The lowest BCUT2D eigenvalue weighted by atomic mass is 9.88. The van der Waals surface area contributed by atoms with Gasteiger partial charge in [-0.3, -0.25) is 4.79 Å². The van der Waals surface area contributed by atoms with Crippen LogP contribution in [0.5, 0.6) is 0 Å². The Morgan fingerprint density at radius 2 is 1.75 bits per heavy atom. The molecule has 0 aliphatic heterocycles. The summed E-state index contributed by atoms with van der Waals surface area (Å²) in [5, 5.41) is 8.93. The van der Waals surface area contributed by atoms with Crippen LogP contribution >= 0.6 is 0 Å². The van der Waals surface area contributed by atoms with Gasteiger partial charge in [-0.2, -0.15) is 0 Å². The number of carboxylic acids is 1. The van der Waals surface area contributed by atoms with Gasteiger partial charge < -0.3 is 9.84 Å². The Hall–Kier alpha value is -1.49. The third kappa shape index (κ3) is 4.00. The average molecular weight is 280 g/mol. The van der Waals surface area contributed by atoms with Crippen molar-refractivity contribution in [2.75, 3.05) is 6.61 Å². The molecule has 0 spiro atoms. The molecule has 1 N–H and O–H groups in total. The van der Waals surface area contributed by atoms with Crippen LogP contribution in [0.4, 0.5) is 0 Å². The second kappa shape index (κ2) is 6.31. The van der Waals surface area contributed by atoms with Gasteiger partial charge in [0.1, 0.15) is 6.10 Å². The molecule has 5 nitrogen and oxygen atoms in total. The topological polar surface area (TPSA) is 72.3 Å². The molecular weight excluding hydrogens is 256 g/mol. The number of hydrogen-bond acceptors (Lipinski definition) is 4. The minimum atomic E-state index is -0.871. The fourth-order valence-electron chi connectivity index (χ4n) is 2.17. The predicted octanol–water partition coefficient (Wildman–Crippen LogP) is 2.84. The zero-order valence-corrected chi connectivity index (χ0v) is 13.1. The summed E-state index contributed by atoms with van der Waals surface area (Å²) in [6.07, 6.45) is -0.254. The number of nitrogens with zero attached hydrogens (tertiary/aromatic N) is 2. The van der Waals surface area contributed by atoms with Crippen LogP contribution in [0.1, 0.15) is 56.6 Å². The zero-order valence-electron chi connectivity index (χ0n) is 13.1. The summed E-state index contributed by atoms with van der Waals surface area (Å²) in [5.74, 6) is -0.242. The molecule has 1 unspecified atom stereocenters. The molecule has 0 saturated heterocycles. The van der Waals surface area contributed by atoms with Gasteiger partial charge in [-0.15, -0.1) is 0 Å². The van der Waals surface area contributed by atoms with E-state index in [4.69, 9.17) is 9.84 Å². The summed E-state index contributed by atoms with van der Waals surface area (Å²) in [4.78, 5) is 19.8. The van der Waals surface area contributed by atoms with Crippen molar-refractivity contribution in [1.82, 2.24) is 9.97 Å². The van der Waals surface area contributed by atoms with Gasteiger partial charge in [-0.1, -0.05) is 20.8 Å². The van der Waals surface area contributed by atoms with Crippen molar-refractivity contribution in [3.05, 3.63) is 22.8 Å². The lowest BCUT2D eigenvalue weighted by molar-refractivity contribution is -0.136.